The number of rotatable bonds is 8. The highest BCUT2D eigenvalue weighted by Gasteiger charge is 2.52. The fraction of sp³-hybridized carbons (Fsp3) is 0.516. The molecule has 4 fully saturated rings. The zero-order valence-electron chi connectivity index (χ0n) is 23.0. The second-order valence-corrected chi connectivity index (χ2v) is 11.9. The molecule has 2 aromatic rings. The summed E-state index contributed by atoms with van der Waals surface area (Å²) in [6.07, 6.45) is 6.27. The number of hydrogen-bond donors (Lipinski definition) is 2. The van der Waals surface area contributed by atoms with E-state index in [4.69, 9.17) is 17.0 Å². The van der Waals surface area contributed by atoms with Gasteiger partial charge in [0.25, 0.3) is 0 Å². The lowest BCUT2D eigenvalue weighted by molar-refractivity contribution is -0.149. The van der Waals surface area contributed by atoms with Crippen molar-refractivity contribution in [1.82, 2.24) is 15.1 Å². The van der Waals surface area contributed by atoms with Crippen molar-refractivity contribution in [2.75, 3.05) is 49.6 Å². The first-order valence-corrected chi connectivity index (χ1v) is 15.1. The Hall–Kier alpha value is -3.17. The third-order valence-corrected chi connectivity index (χ3v) is 9.14. The van der Waals surface area contributed by atoms with Crippen LogP contribution >= 0.6 is 12.2 Å². The van der Waals surface area contributed by atoms with Gasteiger partial charge < -0.3 is 30.1 Å². The van der Waals surface area contributed by atoms with Crippen LogP contribution in [0.5, 0.6) is 0 Å². The molecule has 2 aliphatic carbocycles. The van der Waals surface area contributed by atoms with Crippen molar-refractivity contribution < 1.29 is 14.3 Å². The molecule has 2 saturated carbocycles. The third kappa shape index (κ3) is 5.67. The molecule has 2 saturated heterocycles. The van der Waals surface area contributed by atoms with Gasteiger partial charge in [0.15, 0.2) is 5.11 Å². The first-order valence-electron chi connectivity index (χ1n) is 14.7. The second kappa shape index (κ2) is 11.7. The Bertz CT molecular complexity index is 1210. The van der Waals surface area contributed by atoms with Gasteiger partial charge in [-0.25, -0.2) is 0 Å². The molecule has 9 heteroatoms. The van der Waals surface area contributed by atoms with Crippen molar-refractivity contribution in [2.24, 2.45) is 0 Å². The quantitative estimate of drug-likeness (QED) is 0.470. The minimum absolute atomic E-state index is 0.0000713. The van der Waals surface area contributed by atoms with Crippen molar-refractivity contribution in [3.8, 4) is 0 Å². The Morgan fingerprint density at radius 2 is 1.70 bits per heavy atom. The number of morpholine rings is 1. The molecular formula is C31H39N5O3S. The van der Waals surface area contributed by atoms with Crippen molar-refractivity contribution >= 4 is 40.5 Å². The number of hydrogen-bond acceptors (Lipinski definition) is 5. The van der Waals surface area contributed by atoms with E-state index in [-0.39, 0.29) is 30.4 Å². The number of anilines is 2. The molecule has 40 heavy (non-hydrogen) atoms. The highest BCUT2D eigenvalue weighted by molar-refractivity contribution is 7.80. The molecule has 2 aliphatic heterocycles. The van der Waals surface area contributed by atoms with Crippen molar-refractivity contribution in [2.45, 2.75) is 62.6 Å². The second-order valence-electron chi connectivity index (χ2n) is 11.5. The van der Waals surface area contributed by atoms with E-state index >= 15 is 0 Å². The van der Waals surface area contributed by atoms with Crippen LogP contribution < -0.4 is 15.5 Å². The van der Waals surface area contributed by atoms with Gasteiger partial charge in [0.2, 0.25) is 11.8 Å². The Kier molecular flexibility index (Phi) is 7.94. The van der Waals surface area contributed by atoms with E-state index < -0.39 is 5.54 Å². The standard InChI is InChI=1S/C31H39N5O3S/c37-28(22-35-21-27(33-30(35)40)23-7-3-1-4-8-23)36(26-13-14-26)31(15-5-2-6-16-31)29(38)32-24-9-11-25(12-10-24)34-17-19-39-20-18-34/h1,3-4,7-12,26-27H,2,5-6,13-22H2,(H,32,38)(H,33,40). The molecule has 0 radical (unpaired) electrons. The molecule has 2 amide bonds. The van der Waals surface area contributed by atoms with Crippen molar-refractivity contribution in [3.63, 3.8) is 0 Å². The summed E-state index contributed by atoms with van der Waals surface area (Å²) in [5, 5.41) is 7.18. The summed E-state index contributed by atoms with van der Waals surface area (Å²) in [5.41, 5.74) is 2.23. The number of thiocarbonyl (C=S) groups is 1. The summed E-state index contributed by atoms with van der Waals surface area (Å²) in [6.45, 7) is 4.04. The molecule has 6 rings (SSSR count). The SMILES string of the molecule is O=C(CN1CC(c2ccccc2)NC1=S)N(C1CC1)C1(C(=O)Nc2ccc(N3CCOCC3)cc2)CCCCC1. The molecule has 1 unspecified atom stereocenters. The molecule has 212 valence electrons. The predicted octanol–water partition coefficient (Wildman–Crippen LogP) is 4.09. The van der Waals surface area contributed by atoms with Gasteiger partial charge in [-0.05, 0) is 67.7 Å². The summed E-state index contributed by atoms with van der Waals surface area (Å²) in [4.78, 5) is 34.4. The van der Waals surface area contributed by atoms with Crippen LogP contribution in [0.2, 0.25) is 0 Å². The van der Waals surface area contributed by atoms with E-state index in [2.05, 4.69) is 39.8 Å². The van der Waals surface area contributed by atoms with Gasteiger partial charge in [-0.2, -0.15) is 0 Å². The fourth-order valence-corrected chi connectivity index (χ4v) is 6.78. The van der Waals surface area contributed by atoms with Crippen molar-refractivity contribution in [3.05, 3.63) is 60.2 Å². The first kappa shape index (κ1) is 27.0. The van der Waals surface area contributed by atoms with Crippen LogP contribution in [0.25, 0.3) is 0 Å². The van der Waals surface area contributed by atoms with Crippen LogP contribution in [0, 0.1) is 0 Å². The van der Waals surface area contributed by atoms with Crippen LogP contribution in [0.1, 0.15) is 56.6 Å². The van der Waals surface area contributed by atoms with Gasteiger partial charge in [-0.3, -0.25) is 9.59 Å². The molecule has 2 heterocycles. The number of nitrogens with one attached hydrogen (secondary N) is 2. The number of amides is 2. The van der Waals surface area contributed by atoms with Gasteiger partial charge in [-0.1, -0.05) is 49.6 Å². The van der Waals surface area contributed by atoms with Gasteiger partial charge >= 0.3 is 0 Å². The zero-order valence-corrected chi connectivity index (χ0v) is 23.8. The molecular weight excluding hydrogens is 522 g/mol. The Morgan fingerprint density at radius 1 is 1.00 bits per heavy atom. The Balaban J connectivity index is 1.17. The first-order chi connectivity index (χ1) is 19.5. The molecule has 4 aliphatic rings. The maximum atomic E-state index is 14.1. The molecule has 2 aromatic carbocycles. The van der Waals surface area contributed by atoms with Crippen LogP contribution in [0.4, 0.5) is 11.4 Å². The summed E-state index contributed by atoms with van der Waals surface area (Å²) < 4.78 is 5.47. The Labute approximate surface area is 242 Å². The number of carbonyl (C=O) groups is 2. The topological polar surface area (TPSA) is 77.2 Å². The van der Waals surface area contributed by atoms with E-state index in [1.165, 1.54) is 0 Å². The highest BCUT2D eigenvalue weighted by atomic mass is 32.1. The molecule has 0 aromatic heterocycles. The maximum Gasteiger partial charge on any atom is 0.250 e. The van der Waals surface area contributed by atoms with Crippen LogP contribution in [0.3, 0.4) is 0 Å². The number of carbonyl (C=O) groups excluding carboxylic acids is 2. The lowest BCUT2D eigenvalue weighted by Gasteiger charge is -2.46. The summed E-state index contributed by atoms with van der Waals surface area (Å²) in [6, 6.07) is 18.4. The summed E-state index contributed by atoms with van der Waals surface area (Å²) in [5.74, 6) is -0.0593. The fourth-order valence-electron chi connectivity index (χ4n) is 6.50. The molecule has 0 spiro atoms. The molecule has 8 nitrogen and oxygen atoms in total. The van der Waals surface area contributed by atoms with Crippen LogP contribution in [-0.2, 0) is 14.3 Å². The number of ether oxygens (including phenoxy) is 1. The lowest BCUT2D eigenvalue weighted by Crippen LogP contribution is -2.62. The van der Waals surface area contributed by atoms with Gasteiger partial charge in [0.1, 0.15) is 5.54 Å². The monoisotopic (exact) mass is 561 g/mol. The minimum Gasteiger partial charge on any atom is -0.378 e. The molecule has 2 N–H and O–H groups in total. The average Bonchev–Trinajstić information content (AvgIpc) is 3.76. The van der Waals surface area contributed by atoms with E-state index in [0.29, 0.717) is 24.5 Å². The van der Waals surface area contributed by atoms with E-state index in [9.17, 15) is 9.59 Å². The van der Waals surface area contributed by atoms with Crippen molar-refractivity contribution in [1.29, 1.82) is 0 Å². The van der Waals surface area contributed by atoms with Crippen LogP contribution in [-0.4, -0.2) is 77.7 Å². The van der Waals surface area contributed by atoms with Gasteiger partial charge in [-0.15, -0.1) is 0 Å². The summed E-state index contributed by atoms with van der Waals surface area (Å²) in [7, 11) is 0. The largest absolute Gasteiger partial charge is 0.378 e. The van der Waals surface area contributed by atoms with E-state index in [0.717, 1.165) is 75.3 Å². The van der Waals surface area contributed by atoms with E-state index in [1.807, 2.05) is 40.1 Å². The smallest absolute Gasteiger partial charge is 0.250 e. The maximum absolute atomic E-state index is 14.1. The Morgan fingerprint density at radius 3 is 2.38 bits per heavy atom. The van der Waals surface area contributed by atoms with Gasteiger partial charge in [0.05, 0.1) is 25.8 Å². The minimum atomic E-state index is -0.826. The highest BCUT2D eigenvalue weighted by Crippen LogP contribution is 2.42. The average molecular weight is 562 g/mol. The number of nitrogens with zero attached hydrogens (tertiary/aromatic N) is 3. The molecule has 1 atom stereocenters. The predicted molar refractivity (Wildman–Crippen MR) is 160 cm³/mol. The zero-order chi connectivity index (χ0) is 27.5. The normalized spacial score (nSPS) is 22.5. The number of benzene rings is 2. The lowest BCUT2D eigenvalue weighted by atomic mass is 9.79. The van der Waals surface area contributed by atoms with Gasteiger partial charge in [0, 0.05) is 37.1 Å². The van der Waals surface area contributed by atoms with Crippen LogP contribution in [0.15, 0.2) is 54.6 Å². The summed E-state index contributed by atoms with van der Waals surface area (Å²) >= 11 is 5.64. The third-order valence-electron chi connectivity index (χ3n) is 8.76. The molecule has 0 bridgehead atoms. The van der Waals surface area contributed by atoms with E-state index in [1.54, 1.807) is 0 Å².